The molecule has 2 saturated heterocycles. The third kappa shape index (κ3) is 1.97. The molecule has 3 amide bonds. The number of hydrogen-bond acceptors (Lipinski definition) is 4. The third-order valence-electron chi connectivity index (χ3n) is 4.32. The van der Waals surface area contributed by atoms with E-state index in [-0.39, 0.29) is 5.91 Å². The Labute approximate surface area is 131 Å². The molecule has 2 aromatic heterocycles. The fourth-order valence-electron chi connectivity index (χ4n) is 3.21. The molecule has 2 fully saturated rings. The number of rotatable bonds is 2. The van der Waals surface area contributed by atoms with E-state index < -0.39 is 11.6 Å². The van der Waals surface area contributed by atoms with Gasteiger partial charge in [0.15, 0.2) is 5.15 Å². The molecule has 4 rings (SSSR count). The van der Waals surface area contributed by atoms with Crippen LogP contribution in [-0.2, 0) is 11.3 Å². The Morgan fingerprint density at radius 1 is 1.36 bits per heavy atom. The van der Waals surface area contributed by atoms with Crippen molar-refractivity contribution in [2.45, 2.75) is 18.5 Å². The van der Waals surface area contributed by atoms with E-state index in [0.29, 0.717) is 31.2 Å². The average molecular weight is 320 g/mol. The summed E-state index contributed by atoms with van der Waals surface area (Å²) in [5.41, 5.74) is 0.881. The number of imide groups is 1. The number of likely N-dealkylation sites (tertiary alicyclic amines) is 1. The second-order valence-electron chi connectivity index (χ2n) is 5.73. The molecule has 1 spiro atoms. The number of hydrogen-bond donors (Lipinski definition) is 2. The molecule has 1 unspecified atom stereocenters. The van der Waals surface area contributed by atoms with E-state index in [9.17, 15) is 9.59 Å². The molecule has 0 aliphatic carbocycles. The van der Waals surface area contributed by atoms with Gasteiger partial charge >= 0.3 is 6.03 Å². The van der Waals surface area contributed by atoms with E-state index in [0.717, 1.165) is 11.3 Å². The van der Waals surface area contributed by atoms with Gasteiger partial charge in [0.2, 0.25) is 0 Å². The summed E-state index contributed by atoms with van der Waals surface area (Å²) in [7, 11) is 0. The molecule has 2 aromatic rings. The number of fused-ring (bicyclic) bond motifs is 1. The van der Waals surface area contributed by atoms with Gasteiger partial charge in [0.1, 0.15) is 11.2 Å². The normalized spacial score (nSPS) is 25.1. The summed E-state index contributed by atoms with van der Waals surface area (Å²) in [6, 6.07) is 5.31. The van der Waals surface area contributed by atoms with Gasteiger partial charge in [-0.2, -0.15) is 0 Å². The molecular formula is C14H14ClN5O2. The highest BCUT2D eigenvalue weighted by Gasteiger charge is 2.50. The number of pyridine rings is 1. The lowest BCUT2D eigenvalue weighted by atomic mass is 10.00. The first-order chi connectivity index (χ1) is 10.6. The highest BCUT2D eigenvalue weighted by molar-refractivity contribution is 6.30. The first kappa shape index (κ1) is 13.5. The Morgan fingerprint density at radius 3 is 3.00 bits per heavy atom. The Morgan fingerprint density at radius 2 is 2.23 bits per heavy atom. The summed E-state index contributed by atoms with van der Waals surface area (Å²) < 4.78 is 1.95. The van der Waals surface area contributed by atoms with Crippen LogP contribution in [0.1, 0.15) is 12.1 Å². The predicted molar refractivity (Wildman–Crippen MR) is 79.5 cm³/mol. The van der Waals surface area contributed by atoms with Crippen LogP contribution in [0.3, 0.4) is 0 Å². The topological polar surface area (TPSA) is 78.7 Å². The fourth-order valence-corrected chi connectivity index (χ4v) is 3.45. The van der Waals surface area contributed by atoms with E-state index in [1.54, 1.807) is 0 Å². The van der Waals surface area contributed by atoms with Gasteiger partial charge in [-0.3, -0.25) is 15.0 Å². The second kappa shape index (κ2) is 4.69. The van der Waals surface area contributed by atoms with Crippen LogP contribution in [0, 0.1) is 0 Å². The standard InChI is InChI=1S/C14H14ClN5O2/c15-11-9(20-5-2-1-3-10(20)16-11)7-19-6-4-14(8-19)12(21)17-13(22)18-14/h1-3,5H,4,6-8H2,(H2,17,18,21,22). The van der Waals surface area contributed by atoms with Crippen LogP contribution in [-0.4, -0.2) is 44.9 Å². The van der Waals surface area contributed by atoms with Crippen LogP contribution in [0.2, 0.25) is 5.15 Å². The van der Waals surface area contributed by atoms with Crippen LogP contribution in [0.25, 0.3) is 5.65 Å². The van der Waals surface area contributed by atoms with Crippen LogP contribution < -0.4 is 10.6 Å². The summed E-state index contributed by atoms with van der Waals surface area (Å²) in [4.78, 5) is 29.8. The number of carbonyl (C=O) groups excluding carboxylic acids is 2. The number of amides is 3. The molecule has 7 nitrogen and oxygen atoms in total. The van der Waals surface area contributed by atoms with Crippen molar-refractivity contribution >= 4 is 29.2 Å². The summed E-state index contributed by atoms with van der Waals surface area (Å²) >= 11 is 6.24. The number of halogens is 1. The molecule has 22 heavy (non-hydrogen) atoms. The maximum atomic E-state index is 12.0. The smallest absolute Gasteiger partial charge is 0.322 e. The third-order valence-corrected chi connectivity index (χ3v) is 4.62. The highest BCUT2D eigenvalue weighted by Crippen LogP contribution is 2.27. The van der Waals surface area contributed by atoms with Crippen molar-refractivity contribution in [1.29, 1.82) is 0 Å². The molecule has 2 aliphatic heterocycles. The van der Waals surface area contributed by atoms with E-state index in [2.05, 4.69) is 20.5 Å². The second-order valence-corrected chi connectivity index (χ2v) is 6.09. The molecule has 0 bridgehead atoms. The maximum absolute atomic E-state index is 12.0. The summed E-state index contributed by atoms with van der Waals surface area (Å²) in [6.45, 7) is 1.76. The van der Waals surface area contributed by atoms with Crippen LogP contribution in [0.4, 0.5) is 4.79 Å². The minimum absolute atomic E-state index is 0.246. The first-order valence-corrected chi connectivity index (χ1v) is 7.43. The van der Waals surface area contributed by atoms with Gasteiger partial charge in [0, 0.05) is 25.8 Å². The van der Waals surface area contributed by atoms with E-state index >= 15 is 0 Å². The molecule has 0 aromatic carbocycles. The van der Waals surface area contributed by atoms with E-state index in [1.165, 1.54) is 0 Å². The monoisotopic (exact) mass is 319 g/mol. The van der Waals surface area contributed by atoms with Crippen molar-refractivity contribution in [3.63, 3.8) is 0 Å². The van der Waals surface area contributed by atoms with Crippen LogP contribution in [0.15, 0.2) is 24.4 Å². The van der Waals surface area contributed by atoms with E-state index in [4.69, 9.17) is 11.6 Å². The van der Waals surface area contributed by atoms with Crippen molar-refractivity contribution in [3.8, 4) is 0 Å². The quantitative estimate of drug-likeness (QED) is 0.802. The van der Waals surface area contributed by atoms with Crippen LogP contribution >= 0.6 is 11.6 Å². The molecule has 2 N–H and O–H groups in total. The van der Waals surface area contributed by atoms with Crippen molar-refractivity contribution < 1.29 is 9.59 Å². The minimum Gasteiger partial charge on any atom is -0.322 e. The number of imidazole rings is 1. The number of urea groups is 1. The molecule has 0 radical (unpaired) electrons. The first-order valence-electron chi connectivity index (χ1n) is 7.05. The Bertz CT molecular complexity index is 789. The lowest BCUT2D eigenvalue weighted by molar-refractivity contribution is -0.123. The zero-order chi connectivity index (χ0) is 15.3. The van der Waals surface area contributed by atoms with Gasteiger partial charge in [-0.05, 0) is 18.6 Å². The van der Waals surface area contributed by atoms with Gasteiger partial charge < -0.3 is 9.72 Å². The molecule has 4 heterocycles. The number of aromatic nitrogens is 2. The van der Waals surface area contributed by atoms with Gasteiger partial charge in [-0.1, -0.05) is 17.7 Å². The molecular weight excluding hydrogens is 306 g/mol. The fraction of sp³-hybridized carbons (Fsp3) is 0.357. The Kier molecular flexibility index (Phi) is 2.88. The number of nitrogens with one attached hydrogen (secondary N) is 2. The molecule has 8 heteroatoms. The van der Waals surface area contributed by atoms with Crippen molar-refractivity contribution in [1.82, 2.24) is 24.9 Å². The van der Waals surface area contributed by atoms with Crippen molar-refractivity contribution in [2.75, 3.05) is 13.1 Å². The SMILES string of the molecule is O=C1NC(=O)C2(CCN(Cc3c(Cl)nc4ccccn34)C2)N1. The molecule has 114 valence electrons. The lowest BCUT2D eigenvalue weighted by Gasteiger charge is -2.21. The highest BCUT2D eigenvalue weighted by atomic mass is 35.5. The van der Waals surface area contributed by atoms with E-state index in [1.807, 2.05) is 28.8 Å². The van der Waals surface area contributed by atoms with Gasteiger partial charge in [-0.15, -0.1) is 0 Å². The predicted octanol–water partition coefficient (Wildman–Crippen LogP) is 0.772. The number of carbonyl (C=O) groups is 2. The van der Waals surface area contributed by atoms with Gasteiger partial charge in [0.05, 0.1) is 5.69 Å². The van der Waals surface area contributed by atoms with Crippen LogP contribution in [0.5, 0.6) is 0 Å². The van der Waals surface area contributed by atoms with Gasteiger partial charge in [-0.25, -0.2) is 9.78 Å². The number of nitrogens with zero attached hydrogens (tertiary/aromatic N) is 3. The zero-order valence-electron chi connectivity index (χ0n) is 11.7. The Balaban J connectivity index is 1.58. The molecule has 0 saturated carbocycles. The van der Waals surface area contributed by atoms with Crippen molar-refractivity contribution in [3.05, 3.63) is 35.2 Å². The largest absolute Gasteiger partial charge is 0.322 e. The zero-order valence-corrected chi connectivity index (χ0v) is 12.4. The maximum Gasteiger partial charge on any atom is 0.322 e. The van der Waals surface area contributed by atoms with Gasteiger partial charge in [0.25, 0.3) is 5.91 Å². The Hall–Kier alpha value is -2.12. The average Bonchev–Trinajstić information content (AvgIpc) is 3.10. The van der Waals surface area contributed by atoms with Crippen molar-refractivity contribution in [2.24, 2.45) is 0 Å². The molecule has 2 aliphatic rings. The summed E-state index contributed by atoms with van der Waals surface area (Å²) in [5, 5.41) is 5.52. The minimum atomic E-state index is -0.802. The molecule has 1 atom stereocenters. The lowest BCUT2D eigenvalue weighted by Crippen LogP contribution is -2.48. The summed E-state index contributed by atoms with van der Waals surface area (Å²) in [6.07, 6.45) is 2.51. The summed E-state index contributed by atoms with van der Waals surface area (Å²) in [5.74, 6) is -0.246.